The molecule has 2 rings (SSSR count). The molecule has 2 unspecified atom stereocenters. The third kappa shape index (κ3) is 2.41. The van der Waals surface area contributed by atoms with E-state index < -0.39 is 11.2 Å². The SMILES string of the molecule is CC(C)c1ccc2c(c1)SC(C(=O)O)C(C)N2. The van der Waals surface area contributed by atoms with Gasteiger partial charge in [-0.1, -0.05) is 19.9 Å². The molecule has 1 heterocycles. The lowest BCUT2D eigenvalue weighted by Crippen LogP contribution is -2.37. The van der Waals surface area contributed by atoms with E-state index in [1.165, 1.54) is 17.3 Å². The molecule has 1 aliphatic rings. The highest BCUT2D eigenvalue weighted by Gasteiger charge is 2.31. The molecule has 0 saturated heterocycles. The molecular weight excluding hydrogens is 234 g/mol. The molecule has 0 spiro atoms. The number of thioether (sulfide) groups is 1. The maximum atomic E-state index is 11.1. The minimum absolute atomic E-state index is 0.0464. The fourth-order valence-electron chi connectivity index (χ4n) is 1.94. The number of benzene rings is 1. The smallest absolute Gasteiger partial charge is 0.319 e. The van der Waals surface area contributed by atoms with Gasteiger partial charge in [-0.3, -0.25) is 4.79 Å². The first-order valence-corrected chi connectivity index (χ1v) is 6.67. The zero-order chi connectivity index (χ0) is 12.6. The summed E-state index contributed by atoms with van der Waals surface area (Å²) in [5.41, 5.74) is 2.29. The van der Waals surface area contributed by atoms with Crippen LogP contribution in [0.3, 0.4) is 0 Å². The van der Waals surface area contributed by atoms with Crippen LogP contribution in [0, 0.1) is 0 Å². The number of aliphatic carboxylic acids is 1. The Morgan fingerprint density at radius 1 is 1.47 bits per heavy atom. The van der Waals surface area contributed by atoms with E-state index in [0.717, 1.165) is 10.6 Å². The number of carbonyl (C=O) groups is 1. The molecule has 3 nitrogen and oxygen atoms in total. The molecule has 17 heavy (non-hydrogen) atoms. The van der Waals surface area contributed by atoms with Gasteiger partial charge in [-0.15, -0.1) is 11.8 Å². The normalized spacial score (nSPS) is 23.1. The molecule has 0 amide bonds. The van der Waals surface area contributed by atoms with Crippen molar-refractivity contribution in [2.24, 2.45) is 0 Å². The highest BCUT2D eigenvalue weighted by atomic mass is 32.2. The molecule has 2 N–H and O–H groups in total. The summed E-state index contributed by atoms with van der Waals surface area (Å²) < 4.78 is 0. The van der Waals surface area contributed by atoms with E-state index in [1.807, 2.05) is 13.0 Å². The van der Waals surface area contributed by atoms with Crippen molar-refractivity contribution in [3.63, 3.8) is 0 Å². The third-order valence-corrected chi connectivity index (χ3v) is 4.46. The van der Waals surface area contributed by atoms with Crippen molar-refractivity contribution < 1.29 is 9.90 Å². The fourth-order valence-corrected chi connectivity index (χ4v) is 3.04. The van der Waals surface area contributed by atoms with Gasteiger partial charge in [0.2, 0.25) is 0 Å². The van der Waals surface area contributed by atoms with Crippen molar-refractivity contribution in [3.8, 4) is 0 Å². The minimum Gasteiger partial charge on any atom is -0.480 e. The van der Waals surface area contributed by atoms with Gasteiger partial charge in [0.05, 0.1) is 0 Å². The number of anilines is 1. The average Bonchev–Trinajstić information content (AvgIpc) is 2.27. The molecule has 0 aromatic heterocycles. The molecule has 1 aliphatic heterocycles. The highest BCUT2D eigenvalue weighted by molar-refractivity contribution is 8.00. The van der Waals surface area contributed by atoms with Crippen LogP contribution >= 0.6 is 11.8 Å². The van der Waals surface area contributed by atoms with Crippen LogP contribution in [0.15, 0.2) is 23.1 Å². The number of nitrogens with one attached hydrogen (secondary N) is 1. The first kappa shape index (κ1) is 12.3. The van der Waals surface area contributed by atoms with Crippen molar-refractivity contribution in [2.45, 2.75) is 42.9 Å². The van der Waals surface area contributed by atoms with Crippen LogP contribution in [-0.4, -0.2) is 22.4 Å². The summed E-state index contributed by atoms with van der Waals surface area (Å²) in [7, 11) is 0. The summed E-state index contributed by atoms with van der Waals surface area (Å²) in [5.74, 6) is -0.292. The number of rotatable bonds is 2. The van der Waals surface area contributed by atoms with Crippen molar-refractivity contribution in [2.75, 3.05) is 5.32 Å². The van der Waals surface area contributed by atoms with Gasteiger partial charge >= 0.3 is 5.97 Å². The van der Waals surface area contributed by atoms with Crippen molar-refractivity contribution in [1.82, 2.24) is 0 Å². The zero-order valence-electron chi connectivity index (χ0n) is 10.2. The Hall–Kier alpha value is -1.16. The molecule has 4 heteroatoms. The van der Waals surface area contributed by atoms with E-state index in [9.17, 15) is 4.79 Å². The second kappa shape index (κ2) is 4.61. The number of hydrogen-bond acceptors (Lipinski definition) is 3. The van der Waals surface area contributed by atoms with Crippen LogP contribution in [0.2, 0.25) is 0 Å². The monoisotopic (exact) mass is 251 g/mol. The molecule has 1 aromatic rings. The second-order valence-corrected chi connectivity index (χ2v) is 5.90. The van der Waals surface area contributed by atoms with Crippen LogP contribution in [0.5, 0.6) is 0 Å². The standard InChI is InChI=1S/C13H17NO2S/c1-7(2)9-4-5-10-11(6-9)17-12(13(15)16)8(3)14-10/h4-8,12,14H,1-3H3,(H,15,16). The highest BCUT2D eigenvalue weighted by Crippen LogP contribution is 2.39. The van der Waals surface area contributed by atoms with Crippen molar-refractivity contribution >= 4 is 23.4 Å². The second-order valence-electron chi connectivity index (χ2n) is 4.72. The quantitative estimate of drug-likeness (QED) is 0.847. The lowest BCUT2D eigenvalue weighted by Gasteiger charge is -2.29. The van der Waals surface area contributed by atoms with E-state index in [4.69, 9.17) is 5.11 Å². The molecular formula is C13H17NO2S. The van der Waals surface area contributed by atoms with Gasteiger partial charge in [-0.05, 0) is 30.5 Å². The molecule has 0 radical (unpaired) electrons. The van der Waals surface area contributed by atoms with E-state index in [0.29, 0.717) is 5.92 Å². The summed E-state index contributed by atoms with van der Waals surface area (Å²) in [5, 5.41) is 12.0. The zero-order valence-corrected chi connectivity index (χ0v) is 11.0. The topological polar surface area (TPSA) is 49.3 Å². The van der Waals surface area contributed by atoms with Gasteiger partial charge < -0.3 is 10.4 Å². The predicted molar refractivity (Wildman–Crippen MR) is 70.9 cm³/mol. The molecule has 1 aromatic carbocycles. The lowest BCUT2D eigenvalue weighted by atomic mass is 10.0. The Morgan fingerprint density at radius 2 is 2.18 bits per heavy atom. The summed E-state index contributed by atoms with van der Waals surface area (Å²) >= 11 is 1.44. The maximum Gasteiger partial charge on any atom is 0.319 e. The lowest BCUT2D eigenvalue weighted by molar-refractivity contribution is -0.136. The number of fused-ring (bicyclic) bond motifs is 1. The number of carboxylic acid groups (broad SMARTS) is 1. The van der Waals surface area contributed by atoms with E-state index in [2.05, 4.69) is 31.3 Å². The number of carboxylic acids is 1. The Kier molecular flexibility index (Phi) is 3.33. The summed E-state index contributed by atoms with van der Waals surface area (Å²) in [4.78, 5) is 12.2. The molecule has 0 bridgehead atoms. The van der Waals surface area contributed by atoms with E-state index in [-0.39, 0.29) is 6.04 Å². The van der Waals surface area contributed by atoms with Crippen LogP contribution in [0.25, 0.3) is 0 Å². The van der Waals surface area contributed by atoms with Gasteiger partial charge in [-0.25, -0.2) is 0 Å². The summed E-state index contributed by atoms with van der Waals surface area (Å²) in [6.07, 6.45) is 0. The van der Waals surface area contributed by atoms with Gasteiger partial charge in [0.25, 0.3) is 0 Å². The van der Waals surface area contributed by atoms with Gasteiger partial charge in [0.1, 0.15) is 5.25 Å². The molecule has 2 atom stereocenters. The molecule has 0 fully saturated rings. The minimum atomic E-state index is -0.754. The first-order chi connectivity index (χ1) is 7.99. The summed E-state index contributed by atoms with van der Waals surface area (Å²) in [6, 6.07) is 6.20. The number of hydrogen-bond donors (Lipinski definition) is 2. The van der Waals surface area contributed by atoms with Gasteiger partial charge in [0, 0.05) is 16.6 Å². The largest absolute Gasteiger partial charge is 0.480 e. The molecule has 92 valence electrons. The average molecular weight is 251 g/mol. The fraction of sp³-hybridized carbons (Fsp3) is 0.462. The Morgan fingerprint density at radius 3 is 2.76 bits per heavy atom. The Balaban J connectivity index is 2.33. The first-order valence-electron chi connectivity index (χ1n) is 5.79. The van der Waals surface area contributed by atoms with Crippen LogP contribution < -0.4 is 5.32 Å². The molecule has 0 saturated carbocycles. The molecule has 0 aliphatic carbocycles. The Bertz CT molecular complexity index is 445. The maximum absolute atomic E-state index is 11.1. The van der Waals surface area contributed by atoms with E-state index >= 15 is 0 Å². The van der Waals surface area contributed by atoms with Crippen LogP contribution in [0.4, 0.5) is 5.69 Å². The van der Waals surface area contributed by atoms with Crippen molar-refractivity contribution in [1.29, 1.82) is 0 Å². The predicted octanol–water partition coefficient (Wildman–Crippen LogP) is 3.17. The van der Waals surface area contributed by atoms with E-state index in [1.54, 1.807) is 0 Å². The third-order valence-electron chi connectivity index (χ3n) is 3.01. The van der Waals surface area contributed by atoms with Crippen LogP contribution in [-0.2, 0) is 4.79 Å². The van der Waals surface area contributed by atoms with Gasteiger partial charge in [-0.2, -0.15) is 0 Å². The van der Waals surface area contributed by atoms with Gasteiger partial charge in [0.15, 0.2) is 0 Å². The van der Waals surface area contributed by atoms with Crippen LogP contribution in [0.1, 0.15) is 32.3 Å². The summed E-state index contributed by atoms with van der Waals surface area (Å²) in [6.45, 7) is 6.19. The van der Waals surface area contributed by atoms with Crippen molar-refractivity contribution in [3.05, 3.63) is 23.8 Å². The Labute approximate surface area is 106 Å².